The molecule has 8 heteroatoms. The van der Waals surface area contributed by atoms with Crippen LogP contribution in [0.4, 0.5) is 10.5 Å². The molecule has 0 bridgehead atoms. The van der Waals surface area contributed by atoms with E-state index in [1.54, 1.807) is 30.3 Å². The third-order valence-electron chi connectivity index (χ3n) is 3.00. The molecule has 0 saturated carbocycles. The first kappa shape index (κ1) is 20.8. The number of amides is 2. The maximum absolute atomic E-state index is 11.8. The second-order valence-corrected chi connectivity index (χ2v) is 5.07. The second-order valence-electron chi connectivity index (χ2n) is 4.66. The number of halogens is 1. The number of hydrogen-bond donors (Lipinski definition) is 3. The van der Waals surface area contributed by atoms with Gasteiger partial charge in [0, 0.05) is 56.3 Å². The predicted octanol–water partition coefficient (Wildman–Crippen LogP) is 3.15. The van der Waals surface area contributed by atoms with Gasteiger partial charge in [-0.1, -0.05) is 23.7 Å². The van der Waals surface area contributed by atoms with E-state index in [-0.39, 0.29) is 66.9 Å². The number of carbonyl (C=O) groups excluding carboxylic acids is 2. The molecule has 0 unspecified atom stereocenters. The SMILES string of the molecule is COC(=O)c1ccc(NC(=O)NCc2cccc(O)c2)cc1Cl.[Ac]. The number of hydrogen-bond acceptors (Lipinski definition) is 4. The molecule has 2 amide bonds. The fourth-order valence-corrected chi connectivity index (χ4v) is 2.15. The fraction of sp³-hybridized carbons (Fsp3) is 0.125. The Hall–Kier alpha value is -1.29. The first-order valence-electron chi connectivity index (χ1n) is 6.70. The van der Waals surface area contributed by atoms with Gasteiger partial charge in [-0.3, -0.25) is 0 Å². The Labute approximate surface area is 180 Å². The molecule has 0 aliphatic heterocycles. The quantitative estimate of drug-likeness (QED) is 0.501. The number of phenolic OH excluding ortho intramolecular Hbond substituents is 1. The molecule has 0 spiro atoms. The van der Waals surface area contributed by atoms with Crippen LogP contribution in [0.2, 0.25) is 5.02 Å². The minimum atomic E-state index is -0.546. The molecule has 2 aromatic rings. The van der Waals surface area contributed by atoms with Crippen LogP contribution in [0.5, 0.6) is 5.75 Å². The van der Waals surface area contributed by atoms with E-state index in [9.17, 15) is 14.7 Å². The normalized spacial score (nSPS) is 9.58. The molecule has 2 aromatic carbocycles. The zero-order chi connectivity index (χ0) is 16.8. The van der Waals surface area contributed by atoms with Crippen LogP contribution >= 0.6 is 11.6 Å². The molecule has 0 atom stereocenters. The van der Waals surface area contributed by atoms with Crippen molar-refractivity contribution in [3.05, 3.63) is 58.6 Å². The van der Waals surface area contributed by atoms with Crippen molar-refractivity contribution in [1.82, 2.24) is 5.32 Å². The van der Waals surface area contributed by atoms with Crippen molar-refractivity contribution < 1.29 is 63.5 Å². The van der Waals surface area contributed by atoms with Gasteiger partial charge in [-0.15, -0.1) is 0 Å². The van der Waals surface area contributed by atoms with Crippen molar-refractivity contribution in [2.75, 3.05) is 12.4 Å². The summed E-state index contributed by atoms with van der Waals surface area (Å²) in [4.78, 5) is 23.3. The third-order valence-corrected chi connectivity index (χ3v) is 3.31. The largest absolute Gasteiger partial charge is 0.508 e. The van der Waals surface area contributed by atoms with Crippen LogP contribution in [0.15, 0.2) is 42.5 Å². The number of anilines is 1. The van der Waals surface area contributed by atoms with Crippen molar-refractivity contribution >= 4 is 29.3 Å². The molecule has 1 radical (unpaired) electrons. The Morgan fingerprint density at radius 3 is 2.58 bits per heavy atom. The molecule has 0 aliphatic rings. The van der Waals surface area contributed by atoms with Gasteiger partial charge in [0.25, 0.3) is 0 Å². The molecule has 0 heterocycles. The van der Waals surface area contributed by atoms with Gasteiger partial charge in [0.1, 0.15) is 5.75 Å². The van der Waals surface area contributed by atoms with Crippen LogP contribution in [0.25, 0.3) is 0 Å². The van der Waals surface area contributed by atoms with E-state index in [2.05, 4.69) is 15.4 Å². The van der Waals surface area contributed by atoms with E-state index in [1.165, 1.54) is 19.2 Å². The minimum absolute atomic E-state index is 0. The smallest absolute Gasteiger partial charge is 0.339 e. The summed E-state index contributed by atoms with van der Waals surface area (Å²) in [5.41, 5.74) is 1.43. The maximum atomic E-state index is 11.8. The number of nitrogens with one attached hydrogen (secondary N) is 2. The average molecular weight is 562 g/mol. The second kappa shape index (κ2) is 9.87. The number of rotatable bonds is 4. The molecule has 0 fully saturated rings. The van der Waals surface area contributed by atoms with Crippen LogP contribution in [0.1, 0.15) is 15.9 Å². The van der Waals surface area contributed by atoms with Gasteiger partial charge in [-0.25, -0.2) is 9.59 Å². The van der Waals surface area contributed by atoms with Crippen molar-refractivity contribution in [1.29, 1.82) is 0 Å². The molecule has 6 nitrogen and oxygen atoms in total. The van der Waals surface area contributed by atoms with Gasteiger partial charge < -0.3 is 20.5 Å². The van der Waals surface area contributed by atoms with Gasteiger partial charge in [0.2, 0.25) is 0 Å². The summed E-state index contributed by atoms with van der Waals surface area (Å²) in [5.74, 6) is -0.412. The van der Waals surface area contributed by atoms with Crippen molar-refractivity contribution in [2.45, 2.75) is 6.54 Å². The van der Waals surface area contributed by atoms with E-state index in [4.69, 9.17) is 11.6 Å². The summed E-state index contributed by atoms with van der Waals surface area (Å²) in [6, 6.07) is 10.6. The van der Waals surface area contributed by atoms with Crippen LogP contribution in [0.3, 0.4) is 0 Å². The Morgan fingerprint density at radius 1 is 1.21 bits per heavy atom. The van der Waals surface area contributed by atoms with Gasteiger partial charge >= 0.3 is 12.0 Å². The number of phenols is 1. The van der Waals surface area contributed by atoms with Crippen LogP contribution in [-0.2, 0) is 11.3 Å². The zero-order valence-corrected chi connectivity index (χ0v) is 18.4. The molecular formula is C16H15AcClN2O4. The molecule has 2 rings (SSSR count). The van der Waals surface area contributed by atoms with Gasteiger partial charge in [-0.05, 0) is 35.9 Å². The van der Waals surface area contributed by atoms with E-state index < -0.39 is 12.0 Å². The Kier molecular flexibility index (Phi) is 8.54. The average Bonchev–Trinajstić information content (AvgIpc) is 2.52. The fourth-order valence-electron chi connectivity index (χ4n) is 1.89. The van der Waals surface area contributed by atoms with Crippen molar-refractivity contribution in [3.8, 4) is 5.75 Å². The number of urea groups is 1. The summed E-state index contributed by atoms with van der Waals surface area (Å²) >= 11 is 5.98. The summed E-state index contributed by atoms with van der Waals surface area (Å²) in [6.45, 7) is 0.258. The number of aromatic hydroxyl groups is 1. The zero-order valence-electron chi connectivity index (χ0n) is 12.9. The number of ether oxygens (including phenoxy) is 1. The monoisotopic (exact) mass is 561 g/mol. The summed E-state index contributed by atoms with van der Waals surface area (Å²) in [5, 5.41) is 14.8. The minimum Gasteiger partial charge on any atom is -0.508 e. The van der Waals surface area contributed by atoms with Gasteiger partial charge in [0.15, 0.2) is 0 Å². The predicted molar refractivity (Wildman–Crippen MR) is 86.8 cm³/mol. The van der Waals surface area contributed by atoms with E-state index in [0.29, 0.717) is 5.69 Å². The summed E-state index contributed by atoms with van der Waals surface area (Å²) < 4.78 is 4.59. The molecular weight excluding hydrogens is 547 g/mol. The Bertz CT molecular complexity index is 740. The van der Waals surface area contributed by atoms with E-state index >= 15 is 0 Å². The van der Waals surface area contributed by atoms with Gasteiger partial charge in [-0.2, -0.15) is 0 Å². The van der Waals surface area contributed by atoms with Crippen LogP contribution in [-0.4, -0.2) is 24.2 Å². The molecule has 3 N–H and O–H groups in total. The molecule has 0 saturated heterocycles. The molecule has 24 heavy (non-hydrogen) atoms. The van der Waals surface area contributed by atoms with Crippen molar-refractivity contribution in [3.63, 3.8) is 0 Å². The topological polar surface area (TPSA) is 87.7 Å². The number of benzene rings is 2. The molecule has 0 aliphatic carbocycles. The summed E-state index contributed by atoms with van der Waals surface area (Å²) in [7, 11) is 1.26. The number of carbonyl (C=O) groups is 2. The first-order valence-corrected chi connectivity index (χ1v) is 7.08. The molecule has 123 valence electrons. The number of esters is 1. The van der Waals surface area contributed by atoms with Crippen LogP contribution in [0, 0.1) is 44.1 Å². The number of methoxy groups -OCH3 is 1. The summed E-state index contributed by atoms with van der Waals surface area (Å²) in [6.07, 6.45) is 0. The van der Waals surface area contributed by atoms with E-state index in [0.717, 1.165) is 5.56 Å². The van der Waals surface area contributed by atoms with Crippen LogP contribution < -0.4 is 10.6 Å². The van der Waals surface area contributed by atoms with Gasteiger partial charge in [0.05, 0.1) is 17.7 Å². The third kappa shape index (κ3) is 5.97. The molecule has 0 aromatic heterocycles. The Balaban J connectivity index is 0.00000288. The first-order chi connectivity index (χ1) is 11.0. The van der Waals surface area contributed by atoms with E-state index in [1.807, 2.05) is 0 Å². The maximum Gasteiger partial charge on any atom is 0.339 e. The van der Waals surface area contributed by atoms with Crippen molar-refractivity contribution in [2.24, 2.45) is 0 Å². The standard InChI is InChI=1S/C16H15ClN2O4.Ac/c1-23-15(21)13-6-5-11(8-14(13)17)19-16(22)18-9-10-3-2-4-12(20)7-10;/h2-8,20H,9H2,1H3,(H2,18,19,22);. The Morgan fingerprint density at radius 2 is 1.96 bits per heavy atom.